The summed E-state index contributed by atoms with van der Waals surface area (Å²) in [5.74, 6) is -0.904. The van der Waals surface area contributed by atoms with Gasteiger partial charge in [-0.2, -0.15) is 0 Å². The summed E-state index contributed by atoms with van der Waals surface area (Å²) in [4.78, 5) is 13.0. The molecule has 2 aromatic rings. The molecule has 0 bridgehead atoms. The topological polar surface area (TPSA) is 43.1 Å². The van der Waals surface area contributed by atoms with Crippen LogP contribution in [0.1, 0.15) is 20.8 Å². The molecule has 0 saturated heterocycles. The highest BCUT2D eigenvalue weighted by atomic mass is 79.9. The van der Waals surface area contributed by atoms with Crippen molar-refractivity contribution in [1.82, 2.24) is 0 Å². The molecule has 0 spiro atoms. The van der Waals surface area contributed by atoms with E-state index in [4.69, 9.17) is 5.73 Å². The first-order valence-corrected chi connectivity index (χ1v) is 6.45. The quantitative estimate of drug-likeness (QED) is 0.677. The number of ketones is 1. The van der Waals surface area contributed by atoms with Crippen LogP contribution < -0.4 is 5.73 Å². The SMILES string of the molecule is Cc1sc(Br)cc1C(=O)c1ccc(N)cc1F. The average molecular weight is 314 g/mol. The standard InChI is InChI=1S/C12H9BrFNOS/c1-6-9(5-11(13)17-6)12(16)8-3-2-7(15)4-10(8)14/h2-5H,15H2,1H3. The Morgan fingerprint density at radius 1 is 1.35 bits per heavy atom. The lowest BCUT2D eigenvalue weighted by atomic mass is 10.0. The molecule has 2 rings (SSSR count). The number of nitrogens with two attached hydrogens (primary N) is 1. The van der Waals surface area contributed by atoms with Crippen LogP contribution in [-0.4, -0.2) is 5.78 Å². The first-order chi connectivity index (χ1) is 7.99. The fraction of sp³-hybridized carbons (Fsp3) is 0.0833. The highest BCUT2D eigenvalue weighted by Gasteiger charge is 2.18. The fourth-order valence-corrected chi connectivity index (χ4v) is 3.22. The zero-order valence-electron chi connectivity index (χ0n) is 8.96. The normalized spacial score (nSPS) is 10.5. The van der Waals surface area contributed by atoms with Crippen LogP contribution in [0.15, 0.2) is 28.1 Å². The van der Waals surface area contributed by atoms with E-state index < -0.39 is 5.82 Å². The van der Waals surface area contributed by atoms with Crippen LogP contribution in [0, 0.1) is 12.7 Å². The zero-order valence-corrected chi connectivity index (χ0v) is 11.4. The van der Waals surface area contributed by atoms with Gasteiger partial charge in [0.1, 0.15) is 5.82 Å². The Hall–Kier alpha value is -1.20. The van der Waals surface area contributed by atoms with E-state index in [1.807, 2.05) is 6.92 Å². The number of nitrogen functional groups attached to an aromatic ring is 1. The minimum absolute atomic E-state index is 0.0487. The summed E-state index contributed by atoms with van der Waals surface area (Å²) in [6.07, 6.45) is 0. The predicted octanol–water partition coefficient (Wildman–Crippen LogP) is 3.77. The number of benzene rings is 1. The van der Waals surface area contributed by atoms with Crippen molar-refractivity contribution in [2.24, 2.45) is 0 Å². The van der Waals surface area contributed by atoms with Gasteiger partial charge in [0, 0.05) is 16.1 Å². The zero-order chi connectivity index (χ0) is 12.6. The van der Waals surface area contributed by atoms with Crippen molar-refractivity contribution in [3.8, 4) is 0 Å². The lowest BCUT2D eigenvalue weighted by Gasteiger charge is -2.02. The summed E-state index contributed by atoms with van der Waals surface area (Å²) in [5, 5.41) is 0. The van der Waals surface area contributed by atoms with Crippen molar-refractivity contribution in [1.29, 1.82) is 0 Å². The third-order valence-electron chi connectivity index (χ3n) is 2.37. The van der Waals surface area contributed by atoms with Gasteiger partial charge in [-0.15, -0.1) is 11.3 Å². The summed E-state index contributed by atoms with van der Waals surface area (Å²) in [6.45, 7) is 1.83. The van der Waals surface area contributed by atoms with Gasteiger partial charge in [0.15, 0.2) is 5.78 Å². The molecular weight excluding hydrogens is 305 g/mol. The van der Waals surface area contributed by atoms with E-state index in [-0.39, 0.29) is 11.3 Å². The number of carbonyl (C=O) groups is 1. The van der Waals surface area contributed by atoms with Crippen molar-refractivity contribution >= 4 is 38.7 Å². The van der Waals surface area contributed by atoms with Crippen molar-refractivity contribution in [3.63, 3.8) is 0 Å². The van der Waals surface area contributed by atoms with E-state index in [9.17, 15) is 9.18 Å². The van der Waals surface area contributed by atoms with Gasteiger partial charge in [-0.25, -0.2) is 4.39 Å². The van der Waals surface area contributed by atoms with Gasteiger partial charge in [-0.3, -0.25) is 4.79 Å². The second-order valence-electron chi connectivity index (χ2n) is 3.59. The molecule has 0 aliphatic heterocycles. The van der Waals surface area contributed by atoms with Crippen LogP contribution in [0.3, 0.4) is 0 Å². The van der Waals surface area contributed by atoms with E-state index >= 15 is 0 Å². The summed E-state index contributed by atoms with van der Waals surface area (Å²) >= 11 is 4.76. The van der Waals surface area contributed by atoms with Gasteiger partial charge in [-0.1, -0.05) is 0 Å². The molecule has 2 N–H and O–H groups in total. The molecule has 0 amide bonds. The molecule has 5 heteroatoms. The predicted molar refractivity (Wildman–Crippen MR) is 71.0 cm³/mol. The Morgan fingerprint density at radius 2 is 2.06 bits per heavy atom. The molecule has 0 radical (unpaired) electrons. The molecule has 0 atom stereocenters. The molecule has 0 fully saturated rings. The van der Waals surface area contributed by atoms with Gasteiger partial charge < -0.3 is 5.73 Å². The first-order valence-electron chi connectivity index (χ1n) is 4.84. The van der Waals surface area contributed by atoms with E-state index in [2.05, 4.69) is 15.9 Å². The van der Waals surface area contributed by atoms with Gasteiger partial charge in [-0.05, 0) is 47.1 Å². The number of thiophene rings is 1. The van der Waals surface area contributed by atoms with Crippen LogP contribution in [0.2, 0.25) is 0 Å². The Balaban J connectivity index is 2.47. The van der Waals surface area contributed by atoms with E-state index in [1.54, 1.807) is 6.07 Å². The second kappa shape index (κ2) is 4.58. The Labute approximate surface area is 110 Å². The molecule has 0 saturated carbocycles. The molecule has 88 valence electrons. The van der Waals surface area contributed by atoms with E-state index in [1.165, 1.54) is 23.5 Å². The minimum Gasteiger partial charge on any atom is -0.399 e. The highest BCUT2D eigenvalue weighted by molar-refractivity contribution is 9.11. The summed E-state index contributed by atoms with van der Waals surface area (Å²) < 4.78 is 14.5. The summed E-state index contributed by atoms with van der Waals surface area (Å²) in [5.41, 5.74) is 6.32. The molecule has 2 nitrogen and oxygen atoms in total. The average Bonchev–Trinajstić information content (AvgIpc) is 2.57. The number of halogens is 2. The molecule has 1 heterocycles. The van der Waals surface area contributed by atoms with Gasteiger partial charge >= 0.3 is 0 Å². The maximum Gasteiger partial charge on any atom is 0.197 e. The van der Waals surface area contributed by atoms with Crippen molar-refractivity contribution in [3.05, 3.63) is 49.9 Å². The Morgan fingerprint density at radius 3 is 2.59 bits per heavy atom. The molecule has 0 aliphatic rings. The third kappa shape index (κ3) is 2.40. The van der Waals surface area contributed by atoms with Crippen molar-refractivity contribution in [2.75, 3.05) is 5.73 Å². The number of carbonyl (C=O) groups excluding carboxylic acids is 1. The lowest BCUT2D eigenvalue weighted by Crippen LogP contribution is -2.05. The van der Waals surface area contributed by atoms with Crippen LogP contribution in [0.4, 0.5) is 10.1 Å². The largest absolute Gasteiger partial charge is 0.399 e. The van der Waals surface area contributed by atoms with Crippen LogP contribution in [0.25, 0.3) is 0 Å². The van der Waals surface area contributed by atoms with Crippen LogP contribution in [0.5, 0.6) is 0 Å². The molecule has 1 aromatic carbocycles. The van der Waals surface area contributed by atoms with Crippen molar-refractivity contribution < 1.29 is 9.18 Å². The molecular formula is C12H9BrFNOS. The number of rotatable bonds is 2. The summed E-state index contributed by atoms with van der Waals surface area (Å²) in [6, 6.07) is 5.80. The van der Waals surface area contributed by atoms with Crippen LogP contribution >= 0.6 is 27.3 Å². The smallest absolute Gasteiger partial charge is 0.197 e. The lowest BCUT2D eigenvalue weighted by molar-refractivity contribution is 0.103. The number of anilines is 1. The Kier molecular flexibility index (Phi) is 3.31. The molecule has 0 unspecified atom stereocenters. The van der Waals surface area contributed by atoms with Crippen LogP contribution in [-0.2, 0) is 0 Å². The van der Waals surface area contributed by atoms with Gasteiger partial charge in [0.2, 0.25) is 0 Å². The minimum atomic E-state index is -0.586. The van der Waals surface area contributed by atoms with Gasteiger partial charge in [0.05, 0.1) is 9.35 Å². The molecule has 17 heavy (non-hydrogen) atoms. The number of aryl methyl sites for hydroxylation is 1. The maximum atomic E-state index is 13.6. The van der Waals surface area contributed by atoms with Crippen molar-refractivity contribution in [2.45, 2.75) is 6.92 Å². The van der Waals surface area contributed by atoms with Gasteiger partial charge in [0.25, 0.3) is 0 Å². The maximum absolute atomic E-state index is 13.6. The number of hydrogen-bond donors (Lipinski definition) is 1. The fourth-order valence-electron chi connectivity index (χ4n) is 1.53. The number of hydrogen-bond acceptors (Lipinski definition) is 3. The van der Waals surface area contributed by atoms with E-state index in [0.29, 0.717) is 11.3 Å². The Bertz CT molecular complexity index is 594. The molecule has 1 aromatic heterocycles. The summed E-state index contributed by atoms with van der Waals surface area (Å²) in [7, 11) is 0. The third-order valence-corrected chi connectivity index (χ3v) is 3.92. The molecule has 0 aliphatic carbocycles. The first kappa shape index (κ1) is 12.3. The second-order valence-corrected chi connectivity index (χ2v) is 6.22. The monoisotopic (exact) mass is 313 g/mol. The highest BCUT2D eigenvalue weighted by Crippen LogP contribution is 2.28. The van der Waals surface area contributed by atoms with E-state index in [0.717, 1.165) is 14.7 Å².